The summed E-state index contributed by atoms with van der Waals surface area (Å²) in [7, 11) is -3.93. The molecule has 1 unspecified atom stereocenters. The Morgan fingerprint density at radius 1 is 1.00 bits per heavy atom. The molecule has 42 heavy (non-hydrogen) atoms. The molecule has 1 heterocycles. The van der Waals surface area contributed by atoms with Gasteiger partial charge in [0.05, 0.1) is 18.0 Å². The summed E-state index contributed by atoms with van der Waals surface area (Å²) in [6.07, 6.45) is -0.966. The third-order valence-electron chi connectivity index (χ3n) is 7.28. The molecule has 0 bridgehead atoms. The summed E-state index contributed by atoms with van der Waals surface area (Å²) in [6.45, 7) is 6.19. The number of halogens is 1. The van der Waals surface area contributed by atoms with E-state index in [1.807, 2.05) is 44.2 Å². The van der Waals surface area contributed by atoms with Crippen molar-refractivity contribution in [1.29, 1.82) is 0 Å². The smallest absolute Gasteiger partial charge is 0.324 e. The predicted octanol–water partition coefficient (Wildman–Crippen LogP) is 3.47. The third-order valence-corrected chi connectivity index (χ3v) is 9.07. The van der Waals surface area contributed by atoms with E-state index in [0.29, 0.717) is 24.4 Å². The number of rotatable bonds is 12. The number of benzene rings is 3. The van der Waals surface area contributed by atoms with E-state index in [9.17, 15) is 22.4 Å². The second-order valence-corrected chi connectivity index (χ2v) is 12.2. The van der Waals surface area contributed by atoms with E-state index in [1.54, 1.807) is 23.1 Å². The highest BCUT2D eigenvalue weighted by atomic mass is 32.2. The van der Waals surface area contributed by atoms with Gasteiger partial charge in [0, 0.05) is 19.2 Å². The summed E-state index contributed by atoms with van der Waals surface area (Å²) in [5, 5.41) is 0. The average molecular weight is 598 g/mol. The van der Waals surface area contributed by atoms with Crippen LogP contribution in [0.1, 0.15) is 31.9 Å². The van der Waals surface area contributed by atoms with Crippen LogP contribution in [-0.2, 0) is 36.4 Å². The van der Waals surface area contributed by atoms with E-state index in [1.165, 1.54) is 41.6 Å². The van der Waals surface area contributed by atoms with E-state index < -0.39 is 39.6 Å². The SMILES string of the molecule is CCN(CC)C(=O)C(C)OC(=O)[C@@H](N)Cc1cccc(S(=O)(=O)N2CC(Oc3cccc(F)c3)(c3ccccc3)C2)c1. The van der Waals surface area contributed by atoms with Crippen LogP contribution in [0.5, 0.6) is 5.75 Å². The second-order valence-electron chi connectivity index (χ2n) is 10.2. The first-order valence-electron chi connectivity index (χ1n) is 13.8. The van der Waals surface area contributed by atoms with Crippen molar-refractivity contribution in [2.75, 3.05) is 26.2 Å². The van der Waals surface area contributed by atoms with Gasteiger partial charge in [0.1, 0.15) is 17.6 Å². The Labute approximate surface area is 246 Å². The van der Waals surface area contributed by atoms with E-state index in [0.717, 1.165) is 5.56 Å². The van der Waals surface area contributed by atoms with Crippen LogP contribution in [0.4, 0.5) is 4.39 Å². The van der Waals surface area contributed by atoms with Crippen LogP contribution in [-0.4, -0.2) is 67.8 Å². The molecule has 0 radical (unpaired) electrons. The molecular weight excluding hydrogens is 561 g/mol. The minimum atomic E-state index is -3.93. The minimum Gasteiger partial charge on any atom is -0.480 e. The molecular formula is C31H36FN3O6S. The number of ether oxygens (including phenoxy) is 2. The third kappa shape index (κ3) is 6.80. The van der Waals surface area contributed by atoms with E-state index >= 15 is 0 Å². The fourth-order valence-electron chi connectivity index (χ4n) is 4.92. The highest BCUT2D eigenvalue weighted by Gasteiger charge is 2.52. The molecule has 2 atom stereocenters. The monoisotopic (exact) mass is 597 g/mol. The van der Waals surface area contributed by atoms with Crippen molar-refractivity contribution in [2.45, 2.75) is 49.8 Å². The first-order valence-corrected chi connectivity index (χ1v) is 15.3. The van der Waals surface area contributed by atoms with Gasteiger partial charge in [-0.05, 0) is 62.6 Å². The molecule has 3 aromatic rings. The number of carbonyl (C=O) groups is 2. The van der Waals surface area contributed by atoms with Crippen LogP contribution in [0.25, 0.3) is 0 Å². The molecule has 1 aliphatic rings. The van der Waals surface area contributed by atoms with Crippen molar-refractivity contribution in [1.82, 2.24) is 9.21 Å². The number of hydrogen-bond donors (Lipinski definition) is 1. The molecule has 0 spiro atoms. The highest BCUT2D eigenvalue weighted by molar-refractivity contribution is 7.89. The molecule has 1 aliphatic heterocycles. The van der Waals surface area contributed by atoms with Crippen molar-refractivity contribution in [3.05, 3.63) is 95.8 Å². The summed E-state index contributed by atoms with van der Waals surface area (Å²) in [6, 6.07) is 20.1. The molecule has 9 nitrogen and oxygen atoms in total. The largest absolute Gasteiger partial charge is 0.480 e. The maximum atomic E-state index is 13.9. The molecule has 4 rings (SSSR count). The Bertz CT molecular complexity index is 1510. The van der Waals surface area contributed by atoms with Gasteiger partial charge in [-0.3, -0.25) is 9.59 Å². The van der Waals surface area contributed by atoms with E-state index in [2.05, 4.69) is 0 Å². The number of esters is 1. The van der Waals surface area contributed by atoms with Gasteiger partial charge in [-0.15, -0.1) is 0 Å². The van der Waals surface area contributed by atoms with Crippen molar-refractivity contribution < 1.29 is 31.9 Å². The standard InChI is InChI=1S/C31H36FN3O6S/c1-4-34(5-2)29(36)22(3)40-30(37)28(33)18-23-11-9-16-27(17-23)42(38,39)35-20-31(21-35,24-12-7-6-8-13-24)41-26-15-10-14-25(32)19-26/h6-17,19,22,28H,4-5,18,20-21,33H2,1-3H3/t22?,28-/m0/s1. The van der Waals surface area contributed by atoms with Crippen LogP contribution in [0.15, 0.2) is 83.8 Å². The van der Waals surface area contributed by atoms with Crippen LogP contribution in [0.2, 0.25) is 0 Å². The molecule has 0 aliphatic carbocycles. The second kappa shape index (κ2) is 13.0. The lowest BCUT2D eigenvalue weighted by Crippen LogP contribution is -2.64. The first-order chi connectivity index (χ1) is 20.0. The molecule has 0 saturated carbocycles. The number of likely N-dealkylation sites (N-methyl/N-ethyl adjacent to an activating group) is 1. The first kappa shape index (κ1) is 31.1. The zero-order valence-electron chi connectivity index (χ0n) is 23.9. The summed E-state index contributed by atoms with van der Waals surface area (Å²) in [4.78, 5) is 26.6. The highest BCUT2D eigenvalue weighted by Crippen LogP contribution is 2.40. The topological polar surface area (TPSA) is 119 Å². The normalized spacial score (nSPS) is 16.1. The molecule has 1 fully saturated rings. The summed E-state index contributed by atoms with van der Waals surface area (Å²) < 4.78 is 53.8. The van der Waals surface area contributed by atoms with Gasteiger partial charge in [-0.25, -0.2) is 12.8 Å². The fourth-order valence-corrected chi connectivity index (χ4v) is 6.53. The van der Waals surface area contributed by atoms with Gasteiger partial charge in [0.25, 0.3) is 5.91 Å². The lowest BCUT2D eigenvalue weighted by Gasteiger charge is -2.48. The van der Waals surface area contributed by atoms with Crippen LogP contribution in [0.3, 0.4) is 0 Å². The number of nitrogens with zero attached hydrogens (tertiary/aromatic N) is 2. The Balaban J connectivity index is 1.46. The van der Waals surface area contributed by atoms with Crippen LogP contribution in [0, 0.1) is 5.82 Å². The summed E-state index contributed by atoms with van der Waals surface area (Å²) in [5.41, 5.74) is 6.37. The van der Waals surface area contributed by atoms with Gasteiger partial charge in [-0.1, -0.05) is 48.5 Å². The van der Waals surface area contributed by atoms with E-state index in [-0.39, 0.29) is 30.3 Å². The fraction of sp³-hybridized carbons (Fsp3) is 0.355. The van der Waals surface area contributed by atoms with Gasteiger partial charge in [-0.2, -0.15) is 4.31 Å². The Kier molecular flexibility index (Phi) is 9.65. The van der Waals surface area contributed by atoms with Crippen molar-refractivity contribution >= 4 is 21.9 Å². The number of carbonyl (C=O) groups excluding carboxylic acids is 2. The Morgan fingerprint density at radius 3 is 2.31 bits per heavy atom. The summed E-state index contributed by atoms with van der Waals surface area (Å²) in [5.74, 6) is -1.22. The molecule has 3 aromatic carbocycles. The lowest BCUT2D eigenvalue weighted by atomic mass is 9.87. The minimum absolute atomic E-state index is 0.0182. The maximum Gasteiger partial charge on any atom is 0.324 e. The number of hydrogen-bond acceptors (Lipinski definition) is 7. The number of amides is 1. The average Bonchev–Trinajstić information content (AvgIpc) is 2.95. The van der Waals surface area contributed by atoms with Gasteiger partial charge in [0.15, 0.2) is 11.7 Å². The Hall–Kier alpha value is -3.80. The maximum absolute atomic E-state index is 13.9. The molecule has 11 heteroatoms. The molecule has 1 saturated heterocycles. The number of nitrogens with two attached hydrogens (primary N) is 1. The van der Waals surface area contributed by atoms with E-state index in [4.69, 9.17) is 15.2 Å². The molecule has 224 valence electrons. The van der Waals surface area contributed by atoms with Crippen molar-refractivity contribution in [2.24, 2.45) is 5.73 Å². The van der Waals surface area contributed by atoms with Crippen LogP contribution >= 0.6 is 0 Å². The molecule has 0 aromatic heterocycles. The van der Waals surface area contributed by atoms with Gasteiger partial charge < -0.3 is 20.1 Å². The van der Waals surface area contributed by atoms with Crippen LogP contribution < -0.4 is 10.5 Å². The van der Waals surface area contributed by atoms with Gasteiger partial charge in [0.2, 0.25) is 10.0 Å². The molecule has 2 N–H and O–H groups in total. The van der Waals surface area contributed by atoms with Crippen molar-refractivity contribution in [3.63, 3.8) is 0 Å². The zero-order valence-corrected chi connectivity index (χ0v) is 24.7. The van der Waals surface area contributed by atoms with Crippen molar-refractivity contribution in [3.8, 4) is 5.75 Å². The lowest BCUT2D eigenvalue weighted by molar-refractivity contribution is -0.160. The Morgan fingerprint density at radius 2 is 1.67 bits per heavy atom. The quantitative estimate of drug-likeness (QED) is 0.318. The number of sulfonamides is 1. The van der Waals surface area contributed by atoms with Gasteiger partial charge >= 0.3 is 5.97 Å². The summed E-state index contributed by atoms with van der Waals surface area (Å²) >= 11 is 0. The zero-order chi connectivity index (χ0) is 30.5. The predicted molar refractivity (Wildman–Crippen MR) is 156 cm³/mol. The molecule has 1 amide bonds.